The Bertz CT molecular complexity index is 585. The molecule has 0 spiro atoms. The molecule has 3 aliphatic heterocycles. The van der Waals surface area contributed by atoms with Crippen LogP contribution in [0.15, 0.2) is 24.3 Å². The highest BCUT2D eigenvalue weighted by molar-refractivity contribution is 5.78. The number of piperidine rings is 1. The molecule has 0 saturated carbocycles. The molecule has 2 atom stereocenters. The van der Waals surface area contributed by atoms with Crippen molar-refractivity contribution in [1.82, 2.24) is 4.90 Å². The van der Waals surface area contributed by atoms with E-state index in [-0.39, 0.29) is 17.9 Å². The van der Waals surface area contributed by atoms with Gasteiger partial charge >= 0.3 is 0 Å². The van der Waals surface area contributed by atoms with Crippen molar-refractivity contribution in [2.24, 2.45) is 17.1 Å². The first-order valence-corrected chi connectivity index (χ1v) is 8.92. The van der Waals surface area contributed by atoms with E-state index in [4.69, 9.17) is 10.5 Å². The van der Waals surface area contributed by atoms with Gasteiger partial charge in [0.1, 0.15) is 5.75 Å². The Hall–Kier alpha value is -1.75. The van der Waals surface area contributed by atoms with Gasteiger partial charge in [-0.1, -0.05) is 13.8 Å². The molecule has 4 rings (SSSR count). The van der Waals surface area contributed by atoms with E-state index in [1.54, 1.807) is 0 Å². The molecule has 3 saturated heterocycles. The van der Waals surface area contributed by atoms with Crippen LogP contribution in [-0.2, 0) is 4.79 Å². The summed E-state index contributed by atoms with van der Waals surface area (Å²) in [6.45, 7) is 9.99. The summed E-state index contributed by atoms with van der Waals surface area (Å²) in [5.41, 5.74) is 6.99. The summed E-state index contributed by atoms with van der Waals surface area (Å²) in [6, 6.07) is 8.65. The SMILES string of the molecule is CCOc1ccc(N2C[C@H]3CN(C(=O)CN)C[C@@H]2C(C)(C)C3)cc1. The van der Waals surface area contributed by atoms with E-state index in [1.165, 1.54) is 5.69 Å². The van der Waals surface area contributed by atoms with Crippen LogP contribution in [0, 0.1) is 11.3 Å². The third-order valence-corrected chi connectivity index (χ3v) is 5.43. The first-order valence-electron chi connectivity index (χ1n) is 8.92. The second-order valence-corrected chi connectivity index (χ2v) is 7.66. The summed E-state index contributed by atoms with van der Waals surface area (Å²) < 4.78 is 5.55. The van der Waals surface area contributed by atoms with Crippen molar-refractivity contribution in [3.05, 3.63) is 24.3 Å². The fourth-order valence-electron chi connectivity index (χ4n) is 4.35. The van der Waals surface area contributed by atoms with Gasteiger partial charge in [-0.05, 0) is 48.9 Å². The van der Waals surface area contributed by atoms with Gasteiger partial charge < -0.3 is 20.3 Å². The first kappa shape index (κ1) is 17.1. The Morgan fingerprint density at radius 1 is 1.25 bits per heavy atom. The molecular formula is C19H29N3O2. The van der Waals surface area contributed by atoms with Crippen LogP contribution >= 0.6 is 0 Å². The van der Waals surface area contributed by atoms with Crippen molar-refractivity contribution in [2.75, 3.05) is 37.7 Å². The Balaban J connectivity index is 1.87. The maximum atomic E-state index is 12.2. The average Bonchev–Trinajstić information content (AvgIpc) is 2.82. The topological polar surface area (TPSA) is 58.8 Å². The molecule has 5 nitrogen and oxygen atoms in total. The molecular weight excluding hydrogens is 302 g/mol. The maximum Gasteiger partial charge on any atom is 0.236 e. The molecule has 3 heterocycles. The van der Waals surface area contributed by atoms with Crippen molar-refractivity contribution < 1.29 is 9.53 Å². The number of hydrogen-bond donors (Lipinski definition) is 1. The van der Waals surface area contributed by atoms with Crippen LogP contribution in [0.2, 0.25) is 0 Å². The predicted molar refractivity (Wildman–Crippen MR) is 96.3 cm³/mol. The van der Waals surface area contributed by atoms with E-state index in [0.717, 1.165) is 31.8 Å². The van der Waals surface area contributed by atoms with Gasteiger partial charge in [-0.3, -0.25) is 4.79 Å². The molecule has 1 aromatic carbocycles. The maximum absolute atomic E-state index is 12.2. The molecule has 0 unspecified atom stereocenters. The van der Waals surface area contributed by atoms with E-state index < -0.39 is 0 Å². The molecule has 5 heteroatoms. The fourth-order valence-corrected chi connectivity index (χ4v) is 4.35. The summed E-state index contributed by atoms with van der Waals surface area (Å²) in [5.74, 6) is 1.46. The van der Waals surface area contributed by atoms with E-state index >= 15 is 0 Å². The van der Waals surface area contributed by atoms with Crippen LogP contribution in [0.4, 0.5) is 5.69 Å². The lowest BCUT2D eigenvalue weighted by Crippen LogP contribution is -2.54. The van der Waals surface area contributed by atoms with Gasteiger partial charge in [-0.25, -0.2) is 0 Å². The van der Waals surface area contributed by atoms with Crippen LogP contribution in [0.25, 0.3) is 0 Å². The predicted octanol–water partition coefficient (Wildman–Crippen LogP) is 2.11. The largest absolute Gasteiger partial charge is 0.494 e. The van der Waals surface area contributed by atoms with Crippen LogP contribution in [0.1, 0.15) is 27.2 Å². The zero-order valence-electron chi connectivity index (χ0n) is 15.0. The first-order chi connectivity index (χ1) is 11.4. The van der Waals surface area contributed by atoms with Crippen LogP contribution in [0.3, 0.4) is 0 Å². The summed E-state index contributed by atoms with van der Waals surface area (Å²) in [6.07, 6.45) is 1.15. The molecule has 0 radical (unpaired) electrons. The smallest absolute Gasteiger partial charge is 0.236 e. The Labute approximate surface area is 144 Å². The number of nitrogens with zero attached hydrogens (tertiary/aromatic N) is 2. The van der Waals surface area contributed by atoms with Gasteiger partial charge in [0.2, 0.25) is 5.91 Å². The molecule has 2 bridgehead atoms. The van der Waals surface area contributed by atoms with Gasteiger partial charge in [0, 0.05) is 25.3 Å². The Morgan fingerprint density at radius 2 is 1.96 bits per heavy atom. The molecule has 1 aromatic rings. The van der Waals surface area contributed by atoms with E-state index in [1.807, 2.05) is 24.0 Å². The van der Waals surface area contributed by atoms with E-state index in [2.05, 4.69) is 30.9 Å². The number of amides is 1. The van der Waals surface area contributed by atoms with Crippen molar-refractivity contribution in [3.8, 4) is 5.75 Å². The van der Waals surface area contributed by atoms with Gasteiger partial charge in [-0.2, -0.15) is 0 Å². The summed E-state index contributed by atoms with van der Waals surface area (Å²) in [4.78, 5) is 16.6. The lowest BCUT2D eigenvalue weighted by Gasteiger charge is -2.48. The van der Waals surface area contributed by atoms with Crippen molar-refractivity contribution in [1.29, 1.82) is 0 Å². The minimum atomic E-state index is 0.0660. The molecule has 24 heavy (non-hydrogen) atoms. The number of anilines is 1. The highest BCUT2D eigenvalue weighted by atomic mass is 16.5. The summed E-state index contributed by atoms with van der Waals surface area (Å²) in [5, 5.41) is 0. The lowest BCUT2D eigenvalue weighted by molar-refractivity contribution is -0.129. The van der Waals surface area contributed by atoms with Crippen molar-refractivity contribution in [3.63, 3.8) is 0 Å². The minimum Gasteiger partial charge on any atom is -0.494 e. The third kappa shape index (κ3) is 3.22. The molecule has 132 valence electrons. The second-order valence-electron chi connectivity index (χ2n) is 7.66. The molecule has 3 aliphatic rings. The highest BCUT2D eigenvalue weighted by Gasteiger charge is 2.46. The fraction of sp³-hybridized carbons (Fsp3) is 0.632. The number of rotatable bonds is 4. The summed E-state index contributed by atoms with van der Waals surface area (Å²) in [7, 11) is 0. The molecule has 0 aromatic heterocycles. The van der Waals surface area contributed by atoms with Gasteiger partial charge in [-0.15, -0.1) is 0 Å². The number of carbonyl (C=O) groups is 1. The molecule has 2 N–H and O–H groups in total. The Kier molecular flexibility index (Phi) is 4.72. The zero-order valence-corrected chi connectivity index (χ0v) is 15.0. The van der Waals surface area contributed by atoms with Gasteiger partial charge in [0.15, 0.2) is 0 Å². The standard InChI is InChI=1S/C19H29N3O2/c1-4-24-16-7-5-15(6-8-16)22-12-14-9-19(2,3)17(22)13-21(11-14)18(23)10-20/h5-8,14,17H,4,9-13,20H2,1-3H3/t14-,17-/m1/s1. The third-order valence-electron chi connectivity index (χ3n) is 5.43. The number of benzene rings is 1. The van der Waals surface area contributed by atoms with Gasteiger partial charge in [0.05, 0.1) is 19.2 Å². The summed E-state index contributed by atoms with van der Waals surface area (Å²) >= 11 is 0. The number of carbonyl (C=O) groups excluding carboxylic acids is 1. The molecule has 1 amide bonds. The monoisotopic (exact) mass is 331 g/mol. The quantitative estimate of drug-likeness (QED) is 0.918. The number of nitrogens with two attached hydrogens (primary N) is 1. The zero-order chi connectivity index (χ0) is 17.3. The lowest BCUT2D eigenvalue weighted by atomic mass is 9.73. The number of hydrogen-bond acceptors (Lipinski definition) is 4. The second kappa shape index (κ2) is 6.63. The van der Waals surface area contributed by atoms with Crippen molar-refractivity contribution in [2.45, 2.75) is 33.2 Å². The highest BCUT2D eigenvalue weighted by Crippen LogP contribution is 2.43. The van der Waals surface area contributed by atoms with Crippen LogP contribution in [0.5, 0.6) is 5.75 Å². The molecule has 0 aliphatic carbocycles. The minimum absolute atomic E-state index is 0.0660. The number of ether oxygens (including phenoxy) is 1. The average molecular weight is 331 g/mol. The normalized spacial score (nSPS) is 25.5. The van der Waals surface area contributed by atoms with Crippen LogP contribution in [-0.4, -0.2) is 49.6 Å². The van der Waals surface area contributed by atoms with Crippen LogP contribution < -0.4 is 15.4 Å². The molecule has 3 fully saturated rings. The van der Waals surface area contributed by atoms with Gasteiger partial charge in [0.25, 0.3) is 0 Å². The Morgan fingerprint density at radius 3 is 2.58 bits per heavy atom. The van der Waals surface area contributed by atoms with Crippen molar-refractivity contribution >= 4 is 11.6 Å². The number of fused-ring (bicyclic) bond motifs is 4. The van der Waals surface area contributed by atoms with E-state index in [0.29, 0.717) is 18.6 Å². The van der Waals surface area contributed by atoms with E-state index in [9.17, 15) is 4.79 Å².